The third-order valence-electron chi connectivity index (χ3n) is 3.03. The Morgan fingerprint density at radius 2 is 1.34 bits per heavy atom. The summed E-state index contributed by atoms with van der Waals surface area (Å²) in [5.41, 5.74) is 9.63. The fourth-order valence-corrected chi connectivity index (χ4v) is 2.82. The van der Waals surface area contributed by atoms with E-state index in [-0.39, 0.29) is 16.3 Å². The fraction of sp³-hybridized carbons (Fsp3) is 0.294. The highest BCUT2D eigenvalue weighted by Crippen LogP contribution is 2.14. The molecule has 0 aromatic heterocycles. The number of aryl methyl sites for hydroxylation is 2. The van der Waals surface area contributed by atoms with Gasteiger partial charge in [-0.25, -0.2) is 8.42 Å². The molecular formula is C17H22ClN3O6S2. The molecule has 2 rings (SSSR count). The van der Waals surface area contributed by atoms with Crippen molar-refractivity contribution < 1.29 is 26.5 Å². The van der Waals surface area contributed by atoms with Crippen molar-refractivity contribution in [3.8, 4) is 0 Å². The first kappa shape index (κ1) is 26.9. The van der Waals surface area contributed by atoms with Gasteiger partial charge in [-0.3, -0.25) is 4.55 Å². The summed E-state index contributed by atoms with van der Waals surface area (Å²) < 4.78 is 51.0. The van der Waals surface area contributed by atoms with Crippen LogP contribution in [0.5, 0.6) is 0 Å². The van der Waals surface area contributed by atoms with Crippen molar-refractivity contribution in [3.63, 3.8) is 0 Å². The molecule has 0 aliphatic carbocycles. The van der Waals surface area contributed by atoms with Crippen LogP contribution in [-0.4, -0.2) is 39.1 Å². The first-order chi connectivity index (χ1) is 13.3. The van der Waals surface area contributed by atoms with Crippen molar-refractivity contribution in [3.05, 3.63) is 70.1 Å². The molecule has 9 nitrogen and oxygen atoms in total. The van der Waals surface area contributed by atoms with Crippen LogP contribution in [0.1, 0.15) is 18.1 Å². The zero-order valence-electron chi connectivity index (χ0n) is 16.0. The van der Waals surface area contributed by atoms with Gasteiger partial charge in [0.05, 0.1) is 22.4 Å². The maximum atomic E-state index is 10.7. The summed E-state index contributed by atoms with van der Waals surface area (Å²) in [6.07, 6.45) is -0.518. The minimum atomic E-state index is -4.02. The zero-order chi connectivity index (χ0) is 22.7. The van der Waals surface area contributed by atoms with E-state index in [9.17, 15) is 16.8 Å². The van der Waals surface area contributed by atoms with E-state index in [0.29, 0.717) is 0 Å². The normalized spacial score (nSPS) is 11.7. The maximum absolute atomic E-state index is 10.7. The van der Waals surface area contributed by atoms with E-state index in [1.54, 1.807) is 31.2 Å². The molecule has 160 valence electrons. The third kappa shape index (κ3) is 12.8. The molecule has 12 heteroatoms. The number of benzene rings is 2. The van der Waals surface area contributed by atoms with Crippen LogP contribution in [0.25, 0.3) is 10.4 Å². The minimum Gasteiger partial charge on any atom is -0.393 e. The SMILES string of the molecule is CC(O)CN=[N+]=[N-].Cc1ccc(S(=O)(=O)Cl)cc1.Cc1ccc(S(=O)(=O)O)cc1. The van der Waals surface area contributed by atoms with Gasteiger partial charge in [0, 0.05) is 15.6 Å². The highest BCUT2D eigenvalue weighted by molar-refractivity contribution is 8.13. The largest absolute Gasteiger partial charge is 0.393 e. The molecule has 2 N–H and O–H groups in total. The number of rotatable bonds is 4. The minimum absolute atomic E-state index is 0.0666. The summed E-state index contributed by atoms with van der Waals surface area (Å²) in [7, 11) is -2.48. The lowest BCUT2D eigenvalue weighted by molar-refractivity contribution is 0.203. The Hall–Kier alpha value is -2.14. The van der Waals surface area contributed by atoms with Crippen molar-refractivity contribution in [2.24, 2.45) is 5.11 Å². The van der Waals surface area contributed by atoms with E-state index in [2.05, 4.69) is 10.0 Å². The number of hydrogen-bond acceptors (Lipinski definition) is 6. The van der Waals surface area contributed by atoms with Crippen molar-refractivity contribution in [2.75, 3.05) is 6.54 Å². The molecule has 0 radical (unpaired) electrons. The number of hydrogen-bond donors (Lipinski definition) is 2. The molecule has 0 heterocycles. The van der Waals surface area contributed by atoms with Crippen molar-refractivity contribution in [2.45, 2.75) is 36.7 Å². The zero-order valence-corrected chi connectivity index (χ0v) is 18.4. The Morgan fingerprint density at radius 3 is 1.59 bits per heavy atom. The quantitative estimate of drug-likeness (QED) is 0.230. The standard InChI is InChI=1S/C7H7ClO2S.C7H8O3S.C3H7N3O/c2*1-6-2-4-7(5-3-6)11(8,9)10;1-3(7)2-5-6-4/h2-5H,1H3;2-5H,1H3,(H,8,9,10);3,7H,2H2,1H3. The maximum Gasteiger partial charge on any atom is 0.294 e. The number of azide groups is 1. The summed E-state index contributed by atoms with van der Waals surface area (Å²) in [6, 6.07) is 12.4. The van der Waals surface area contributed by atoms with E-state index in [1.807, 2.05) is 13.8 Å². The number of aliphatic hydroxyl groups excluding tert-OH is 1. The Morgan fingerprint density at radius 1 is 0.966 bits per heavy atom. The first-order valence-electron chi connectivity index (χ1n) is 8.01. The Balaban J connectivity index is 0.000000419. The van der Waals surface area contributed by atoms with Gasteiger partial charge in [-0.05, 0) is 50.6 Å². The van der Waals surface area contributed by atoms with Crippen LogP contribution in [0.4, 0.5) is 0 Å². The molecule has 0 amide bonds. The van der Waals surface area contributed by atoms with Gasteiger partial charge in [0.2, 0.25) is 0 Å². The second-order valence-electron chi connectivity index (χ2n) is 5.80. The Kier molecular flexibility index (Phi) is 11.5. The molecule has 0 saturated heterocycles. The van der Waals surface area contributed by atoms with E-state index in [1.165, 1.54) is 24.3 Å². The molecule has 0 fully saturated rings. The lowest BCUT2D eigenvalue weighted by Gasteiger charge is -1.95. The molecule has 29 heavy (non-hydrogen) atoms. The summed E-state index contributed by atoms with van der Waals surface area (Å²) in [6.45, 7) is 5.45. The lowest BCUT2D eigenvalue weighted by Crippen LogP contribution is -2.01. The average Bonchev–Trinajstić information content (AvgIpc) is 2.60. The predicted octanol–water partition coefficient (Wildman–Crippen LogP) is 3.84. The highest BCUT2D eigenvalue weighted by atomic mass is 35.7. The van der Waals surface area contributed by atoms with Crippen LogP contribution in [0.15, 0.2) is 63.4 Å². The summed E-state index contributed by atoms with van der Waals surface area (Å²) in [4.78, 5) is 2.52. The molecule has 0 aliphatic heterocycles. The number of aliphatic hydroxyl groups is 1. The van der Waals surface area contributed by atoms with Gasteiger partial charge in [-0.2, -0.15) is 8.42 Å². The van der Waals surface area contributed by atoms with Gasteiger partial charge in [0.1, 0.15) is 0 Å². The second kappa shape index (κ2) is 12.4. The van der Waals surface area contributed by atoms with E-state index < -0.39 is 25.3 Å². The predicted molar refractivity (Wildman–Crippen MR) is 111 cm³/mol. The van der Waals surface area contributed by atoms with Crippen LogP contribution >= 0.6 is 10.7 Å². The Bertz CT molecular complexity index is 942. The van der Waals surface area contributed by atoms with Crippen LogP contribution in [0.2, 0.25) is 0 Å². The molecular weight excluding hydrogens is 442 g/mol. The molecule has 0 bridgehead atoms. The van der Waals surface area contributed by atoms with Crippen LogP contribution in [-0.2, 0) is 19.2 Å². The number of nitrogens with zero attached hydrogens (tertiary/aromatic N) is 3. The van der Waals surface area contributed by atoms with E-state index in [4.69, 9.17) is 25.9 Å². The smallest absolute Gasteiger partial charge is 0.294 e. The Labute approximate surface area is 174 Å². The lowest BCUT2D eigenvalue weighted by atomic mass is 10.2. The van der Waals surface area contributed by atoms with Crippen molar-refractivity contribution in [1.82, 2.24) is 0 Å². The summed E-state index contributed by atoms with van der Waals surface area (Å²) in [5.74, 6) is 0. The molecule has 1 atom stereocenters. The van der Waals surface area contributed by atoms with Gasteiger partial charge in [0.25, 0.3) is 19.2 Å². The fourth-order valence-electron chi connectivity index (χ4n) is 1.57. The monoisotopic (exact) mass is 463 g/mol. The molecule has 2 aromatic rings. The molecule has 2 aromatic carbocycles. The topological polar surface area (TPSA) is 157 Å². The van der Waals surface area contributed by atoms with E-state index >= 15 is 0 Å². The molecule has 1 unspecified atom stereocenters. The van der Waals surface area contributed by atoms with Gasteiger partial charge in [-0.1, -0.05) is 40.5 Å². The first-order valence-corrected chi connectivity index (χ1v) is 11.8. The average molecular weight is 464 g/mol. The second-order valence-corrected chi connectivity index (χ2v) is 9.79. The van der Waals surface area contributed by atoms with Gasteiger partial charge < -0.3 is 5.11 Å². The van der Waals surface area contributed by atoms with Gasteiger partial charge >= 0.3 is 0 Å². The molecule has 0 aliphatic rings. The van der Waals surface area contributed by atoms with Crippen LogP contribution < -0.4 is 0 Å². The van der Waals surface area contributed by atoms with Gasteiger partial charge in [-0.15, -0.1) is 0 Å². The van der Waals surface area contributed by atoms with Crippen LogP contribution in [0.3, 0.4) is 0 Å². The van der Waals surface area contributed by atoms with E-state index in [0.717, 1.165) is 11.1 Å². The molecule has 0 saturated carbocycles. The van der Waals surface area contributed by atoms with Crippen molar-refractivity contribution in [1.29, 1.82) is 0 Å². The number of halogens is 1. The van der Waals surface area contributed by atoms with Crippen molar-refractivity contribution >= 4 is 29.9 Å². The third-order valence-corrected chi connectivity index (χ3v) is 5.27. The van der Waals surface area contributed by atoms with Gasteiger partial charge in [0.15, 0.2) is 0 Å². The summed E-state index contributed by atoms with van der Waals surface area (Å²) >= 11 is 0. The highest BCUT2D eigenvalue weighted by Gasteiger charge is 2.08. The van der Waals surface area contributed by atoms with Crippen LogP contribution in [0, 0.1) is 13.8 Å². The molecule has 0 spiro atoms. The summed E-state index contributed by atoms with van der Waals surface area (Å²) in [5, 5.41) is 11.5.